The Kier molecular flexibility index (Phi) is 5.67. The smallest absolute Gasteiger partial charge is 0.451 e. The first-order valence-corrected chi connectivity index (χ1v) is 8.18. The largest absolute Gasteiger partial charge is 0.480 e. The van der Waals surface area contributed by atoms with E-state index in [1.54, 1.807) is 11.8 Å². The zero-order chi connectivity index (χ0) is 17.2. The van der Waals surface area contributed by atoms with Crippen molar-refractivity contribution in [1.82, 2.24) is 10.2 Å². The fourth-order valence-corrected chi connectivity index (χ4v) is 4.20. The monoisotopic (exact) mass is 327 g/mol. The summed E-state index contributed by atoms with van der Waals surface area (Å²) in [7, 11) is -1.40. The standard InChI is InChI=1S/C14H26BN3O5/c1-9(16)12(19)18-7-3-5-14(4-2-6-15(22)23)10(18)8-17-11(14)13(20)21/h9-11,17,22-23H,2-8,16H2,1H3,(H,20,21). The van der Waals surface area contributed by atoms with Gasteiger partial charge >= 0.3 is 13.1 Å². The van der Waals surface area contributed by atoms with Crippen LogP contribution in [0.25, 0.3) is 0 Å². The van der Waals surface area contributed by atoms with Gasteiger partial charge < -0.3 is 31.1 Å². The summed E-state index contributed by atoms with van der Waals surface area (Å²) < 4.78 is 0. The van der Waals surface area contributed by atoms with Crippen molar-refractivity contribution in [3.8, 4) is 0 Å². The Morgan fingerprint density at radius 1 is 1.48 bits per heavy atom. The molecule has 2 fully saturated rings. The van der Waals surface area contributed by atoms with Crippen molar-refractivity contribution in [2.45, 2.75) is 57.1 Å². The molecule has 23 heavy (non-hydrogen) atoms. The molecular weight excluding hydrogens is 301 g/mol. The lowest BCUT2D eigenvalue weighted by molar-refractivity contribution is -0.148. The number of hydrogen-bond acceptors (Lipinski definition) is 6. The number of nitrogens with two attached hydrogens (primary N) is 1. The average Bonchev–Trinajstić information content (AvgIpc) is 2.85. The molecule has 6 N–H and O–H groups in total. The molecule has 8 nitrogen and oxygen atoms in total. The minimum atomic E-state index is -1.40. The highest BCUT2D eigenvalue weighted by Gasteiger charge is 2.57. The summed E-state index contributed by atoms with van der Waals surface area (Å²) in [6, 6.07) is -1.56. The van der Waals surface area contributed by atoms with Gasteiger partial charge in [-0.05, 0) is 32.5 Å². The molecule has 4 atom stereocenters. The number of hydrogen-bond donors (Lipinski definition) is 5. The maximum atomic E-state index is 12.4. The number of likely N-dealkylation sites (tertiary alicyclic amines) is 1. The van der Waals surface area contributed by atoms with E-state index in [-0.39, 0.29) is 18.3 Å². The Bertz CT molecular complexity index is 462. The van der Waals surface area contributed by atoms with Crippen LogP contribution in [0.4, 0.5) is 0 Å². The lowest BCUT2D eigenvalue weighted by Gasteiger charge is -2.48. The van der Waals surface area contributed by atoms with Crippen LogP contribution in [0, 0.1) is 5.41 Å². The van der Waals surface area contributed by atoms with Crippen LogP contribution in [0.5, 0.6) is 0 Å². The van der Waals surface area contributed by atoms with Crippen LogP contribution in [-0.2, 0) is 9.59 Å². The predicted molar refractivity (Wildman–Crippen MR) is 84.5 cm³/mol. The molecule has 0 aromatic rings. The first kappa shape index (κ1) is 18.2. The third kappa shape index (κ3) is 3.52. The highest BCUT2D eigenvalue weighted by molar-refractivity contribution is 6.40. The molecule has 2 aliphatic rings. The molecule has 1 amide bonds. The molecule has 0 aromatic heterocycles. The molecule has 0 aromatic carbocycles. The second-order valence-corrected chi connectivity index (χ2v) is 6.73. The number of nitrogens with one attached hydrogen (secondary N) is 1. The van der Waals surface area contributed by atoms with Gasteiger partial charge in [0.05, 0.1) is 12.1 Å². The average molecular weight is 327 g/mol. The van der Waals surface area contributed by atoms with Crippen molar-refractivity contribution in [2.75, 3.05) is 13.1 Å². The molecule has 0 spiro atoms. The summed E-state index contributed by atoms with van der Waals surface area (Å²) in [5.74, 6) is -1.08. The van der Waals surface area contributed by atoms with Crippen LogP contribution in [0.3, 0.4) is 0 Å². The van der Waals surface area contributed by atoms with Crippen LogP contribution in [0.15, 0.2) is 0 Å². The van der Waals surface area contributed by atoms with E-state index in [2.05, 4.69) is 5.32 Å². The van der Waals surface area contributed by atoms with Crippen LogP contribution in [-0.4, -0.2) is 70.3 Å². The van der Waals surface area contributed by atoms with Gasteiger partial charge in [0.15, 0.2) is 0 Å². The number of fused-ring (bicyclic) bond motifs is 1. The third-order valence-electron chi connectivity index (χ3n) is 5.20. The molecule has 9 heteroatoms. The molecule has 2 aliphatic heterocycles. The molecule has 0 bridgehead atoms. The van der Waals surface area contributed by atoms with Crippen molar-refractivity contribution in [2.24, 2.45) is 11.1 Å². The zero-order valence-electron chi connectivity index (χ0n) is 13.4. The number of amides is 1. The van der Waals surface area contributed by atoms with Crippen molar-refractivity contribution < 1.29 is 24.7 Å². The Morgan fingerprint density at radius 2 is 2.17 bits per heavy atom. The van der Waals surface area contributed by atoms with Gasteiger partial charge in [-0.3, -0.25) is 9.59 Å². The van der Waals surface area contributed by atoms with E-state index < -0.39 is 30.6 Å². The molecule has 2 rings (SSSR count). The molecule has 4 unspecified atom stereocenters. The topological polar surface area (TPSA) is 136 Å². The maximum Gasteiger partial charge on any atom is 0.451 e. The van der Waals surface area contributed by atoms with E-state index in [1.807, 2.05) is 0 Å². The lowest BCUT2D eigenvalue weighted by atomic mass is 9.66. The van der Waals surface area contributed by atoms with Gasteiger partial charge in [0, 0.05) is 18.5 Å². The van der Waals surface area contributed by atoms with Gasteiger partial charge in [0.2, 0.25) is 5.91 Å². The fraction of sp³-hybridized carbons (Fsp3) is 0.857. The Morgan fingerprint density at radius 3 is 2.74 bits per heavy atom. The quantitative estimate of drug-likeness (QED) is 0.379. The van der Waals surface area contributed by atoms with Gasteiger partial charge in [-0.25, -0.2) is 0 Å². The Balaban J connectivity index is 2.25. The fourth-order valence-electron chi connectivity index (χ4n) is 4.20. The summed E-state index contributed by atoms with van der Waals surface area (Å²) in [6.45, 7) is 2.65. The highest BCUT2D eigenvalue weighted by Crippen LogP contribution is 2.46. The number of aliphatic carboxylic acids is 1. The van der Waals surface area contributed by atoms with Gasteiger partial charge in [-0.2, -0.15) is 0 Å². The summed E-state index contributed by atoms with van der Waals surface area (Å²) >= 11 is 0. The van der Waals surface area contributed by atoms with Crippen molar-refractivity contribution >= 4 is 19.0 Å². The van der Waals surface area contributed by atoms with Crippen molar-refractivity contribution in [1.29, 1.82) is 0 Å². The van der Waals surface area contributed by atoms with E-state index in [4.69, 9.17) is 15.8 Å². The molecule has 2 heterocycles. The second kappa shape index (κ2) is 7.17. The van der Waals surface area contributed by atoms with Crippen molar-refractivity contribution in [3.05, 3.63) is 0 Å². The number of carbonyl (C=O) groups is 2. The van der Waals surface area contributed by atoms with Crippen LogP contribution in [0.2, 0.25) is 6.32 Å². The summed E-state index contributed by atoms with van der Waals surface area (Å²) in [6.07, 6.45) is 2.65. The number of carbonyl (C=O) groups excluding carboxylic acids is 1. The van der Waals surface area contributed by atoms with E-state index >= 15 is 0 Å². The number of piperidine rings is 1. The second-order valence-electron chi connectivity index (χ2n) is 6.73. The van der Waals surface area contributed by atoms with Crippen LogP contribution in [0.1, 0.15) is 32.6 Å². The molecule has 0 aliphatic carbocycles. The summed E-state index contributed by atoms with van der Waals surface area (Å²) in [5, 5.41) is 30.7. The van der Waals surface area contributed by atoms with Crippen molar-refractivity contribution in [3.63, 3.8) is 0 Å². The first-order chi connectivity index (χ1) is 10.8. The van der Waals surface area contributed by atoms with E-state index in [0.29, 0.717) is 32.4 Å². The number of nitrogens with zero attached hydrogens (tertiary/aromatic N) is 1. The minimum absolute atomic E-state index is 0.158. The summed E-state index contributed by atoms with van der Waals surface area (Å²) in [4.78, 5) is 25.8. The van der Waals surface area contributed by atoms with Gasteiger partial charge in [-0.15, -0.1) is 0 Å². The normalized spacial score (nSPS) is 31.6. The number of carboxylic acid groups (broad SMARTS) is 1. The molecular formula is C14H26BN3O5. The first-order valence-electron chi connectivity index (χ1n) is 8.18. The van der Waals surface area contributed by atoms with Crippen LogP contribution >= 0.6 is 0 Å². The zero-order valence-corrected chi connectivity index (χ0v) is 13.4. The third-order valence-corrected chi connectivity index (χ3v) is 5.20. The van der Waals surface area contributed by atoms with Gasteiger partial charge in [0.1, 0.15) is 6.04 Å². The lowest BCUT2D eigenvalue weighted by Crippen LogP contribution is -2.59. The minimum Gasteiger partial charge on any atom is -0.480 e. The van der Waals surface area contributed by atoms with E-state index in [9.17, 15) is 14.7 Å². The predicted octanol–water partition coefficient (Wildman–Crippen LogP) is -1.38. The van der Waals surface area contributed by atoms with E-state index in [1.165, 1.54) is 0 Å². The molecule has 130 valence electrons. The number of carboxylic acids is 1. The molecule has 2 saturated heterocycles. The van der Waals surface area contributed by atoms with Gasteiger partial charge in [-0.1, -0.05) is 6.42 Å². The maximum absolute atomic E-state index is 12.4. The highest BCUT2D eigenvalue weighted by atomic mass is 16.4. The summed E-state index contributed by atoms with van der Waals surface area (Å²) in [5.41, 5.74) is 5.15. The van der Waals surface area contributed by atoms with Gasteiger partial charge in [0.25, 0.3) is 0 Å². The molecule has 0 saturated carbocycles. The SMILES string of the molecule is CC(N)C(=O)N1CCCC2(CCCB(O)O)C(C(=O)O)NCC12. The Hall–Kier alpha value is -1.16. The molecule has 0 radical (unpaired) electrons. The number of rotatable bonds is 6. The Labute approximate surface area is 136 Å². The van der Waals surface area contributed by atoms with Crippen LogP contribution < -0.4 is 11.1 Å². The van der Waals surface area contributed by atoms with E-state index in [0.717, 1.165) is 6.42 Å².